The molecule has 0 saturated heterocycles. The second-order valence-electron chi connectivity index (χ2n) is 6.17. The predicted octanol–water partition coefficient (Wildman–Crippen LogP) is 4.14. The van der Waals surface area contributed by atoms with Crippen molar-refractivity contribution in [3.63, 3.8) is 0 Å². The molecule has 1 heterocycles. The second-order valence-corrected chi connectivity index (χ2v) is 7.15. The first kappa shape index (κ1) is 16.7. The Morgan fingerprint density at radius 2 is 1.68 bits per heavy atom. The number of nitrogens with zero attached hydrogens (tertiary/aromatic N) is 1. The van der Waals surface area contributed by atoms with Crippen molar-refractivity contribution in [2.24, 2.45) is 17.6 Å². The van der Waals surface area contributed by atoms with Gasteiger partial charge in [0, 0.05) is 11.4 Å². The van der Waals surface area contributed by atoms with Gasteiger partial charge in [-0.05, 0) is 49.2 Å². The summed E-state index contributed by atoms with van der Waals surface area (Å²) in [5.74, 6) is 1.51. The zero-order valence-electron chi connectivity index (χ0n) is 12.9. The maximum absolute atomic E-state index is 6.04. The summed E-state index contributed by atoms with van der Waals surface area (Å²) >= 11 is 1.83. The van der Waals surface area contributed by atoms with E-state index in [0.29, 0.717) is 6.04 Å². The minimum Gasteiger partial charge on any atom is -0.329 e. The van der Waals surface area contributed by atoms with Gasteiger partial charge >= 0.3 is 0 Å². The zero-order chi connectivity index (χ0) is 14.3. The van der Waals surface area contributed by atoms with Crippen molar-refractivity contribution < 1.29 is 0 Å². The normalized spacial score (nSPS) is 13.7. The molecular formula is C16H30N2S. The smallest absolute Gasteiger partial charge is 0.0564 e. The first-order valence-electron chi connectivity index (χ1n) is 7.52. The lowest BCUT2D eigenvalue weighted by Crippen LogP contribution is -2.35. The molecule has 0 aromatic carbocycles. The molecule has 1 unspecified atom stereocenters. The molecule has 110 valence electrons. The fraction of sp³-hybridized carbons (Fsp3) is 0.750. The molecule has 0 saturated carbocycles. The van der Waals surface area contributed by atoms with Gasteiger partial charge in [0.25, 0.3) is 0 Å². The van der Waals surface area contributed by atoms with E-state index < -0.39 is 0 Å². The van der Waals surface area contributed by atoms with Crippen LogP contribution < -0.4 is 5.73 Å². The van der Waals surface area contributed by atoms with Gasteiger partial charge in [0.05, 0.1) is 6.04 Å². The molecule has 0 spiro atoms. The minimum absolute atomic E-state index is 0.400. The van der Waals surface area contributed by atoms with E-state index in [1.807, 2.05) is 11.3 Å². The molecule has 0 aliphatic rings. The molecule has 1 aromatic rings. The van der Waals surface area contributed by atoms with Crippen LogP contribution in [0.4, 0.5) is 0 Å². The van der Waals surface area contributed by atoms with Crippen molar-refractivity contribution in [2.45, 2.75) is 46.6 Å². The van der Waals surface area contributed by atoms with Gasteiger partial charge in [-0.15, -0.1) is 11.3 Å². The van der Waals surface area contributed by atoms with E-state index in [1.165, 1.54) is 17.7 Å². The van der Waals surface area contributed by atoms with Gasteiger partial charge in [-0.2, -0.15) is 0 Å². The fourth-order valence-corrected chi connectivity index (χ4v) is 3.07. The number of nitrogens with two attached hydrogens (primary N) is 1. The summed E-state index contributed by atoms with van der Waals surface area (Å²) in [7, 11) is 0. The first-order chi connectivity index (χ1) is 9.04. The highest BCUT2D eigenvalue weighted by Crippen LogP contribution is 2.25. The van der Waals surface area contributed by atoms with Gasteiger partial charge in [-0.3, -0.25) is 4.90 Å². The molecule has 1 atom stereocenters. The van der Waals surface area contributed by atoms with Crippen LogP contribution in [0.5, 0.6) is 0 Å². The Kier molecular flexibility index (Phi) is 7.66. The lowest BCUT2D eigenvalue weighted by Gasteiger charge is -2.31. The Labute approximate surface area is 123 Å². The molecule has 2 nitrogen and oxygen atoms in total. The van der Waals surface area contributed by atoms with Crippen molar-refractivity contribution in [1.82, 2.24) is 4.90 Å². The minimum atomic E-state index is 0.400. The average molecular weight is 282 g/mol. The van der Waals surface area contributed by atoms with Gasteiger partial charge in [-0.25, -0.2) is 0 Å². The highest BCUT2D eigenvalue weighted by atomic mass is 32.1. The number of thiophene rings is 1. The summed E-state index contributed by atoms with van der Waals surface area (Å²) in [4.78, 5) is 4.00. The zero-order valence-corrected chi connectivity index (χ0v) is 13.7. The van der Waals surface area contributed by atoms with Crippen LogP contribution in [0.1, 0.15) is 51.5 Å². The largest absolute Gasteiger partial charge is 0.329 e. The Balaban J connectivity index is 2.68. The van der Waals surface area contributed by atoms with E-state index in [-0.39, 0.29) is 0 Å². The van der Waals surface area contributed by atoms with E-state index >= 15 is 0 Å². The summed E-state index contributed by atoms with van der Waals surface area (Å²) in [6.45, 7) is 12.2. The Morgan fingerprint density at radius 3 is 2.05 bits per heavy atom. The quantitative estimate of drug-likeness (QED) is 0.737. The van der Waals surface area contributed by atoms with Crippen molar-refractivity contribution in [3.8, 4) is 0 Å². The molecule has 0 aliphatic carbocycles. The third-order valence-electron chi connectivity index (χ3n) is 3.52. The molecule has 0 fully saturated rings. The number of hydrogen-bond donors (Lipinski definition) is 1. The Hall–Kier alpha value is -0.380. The van der Waals surface area contributed by atoms with Crippen LogP contribution in [0.3, 0.4) is 0 Å². The topological polar surface area (TPSA) is 29.3 Å². The molecule has 1 aromatic heterocycles. The third-order valence-corrected chi connectivity index (χ3v) is 4.50. The molecule has 1 rings (SSSR count). The summed E-state index contributed by atoms with van der Waals surface area (Å²) in [5, 5.41) is 2.15. The molecular weight excluding hydrogens is 252 g/mol. The molecule has 0 bridgehead atoms. The first-order valence-corrected chi connectivity index (χ1v) is 8.40. The molecule has 0 aliphatic heterocycles. The van der Waals surface area contributed by atoms with Crippen LogP contribution in [0.2, 0.25) is 0 Å². The SMILES string of the molecule is CC(C)CCN(CCC(C)C)C(CN)c1cccs1. The van der Waals surface area contributed by atoms with Crippen molar-refractivity contribution in [2.75, 3.05) is 19.6 Å². The van der Waals surface area contributed by atoms with E-state index in [1.54, 1.807) is 0 Å². The molecule has 19 heavy (non-hydrogen) atoms. The van der Waals surface area contributed by atoms with Crippen LogP contribution in [0.15, 0.2) is 17.5 Å². The monoisotopic (exact) mass is 282 g/mol. The lowest BCUT2D eigenvalue weighted by molar-refractivity contribution is 0.183. The van der Waals surface area contributed by atoms with Crippen LogP contribution >= 0.6 is 11.3 Å². The second kappa shape index (κ2) is 8.72. The maximum Gasteiger partial charge on any atom is 0.0564 e. The van der Waals surface area contributed by atoms with Gasteiger partial charge in [0.15, 0.2) is 0 Å². The summed E-state index contributed by atoms with van der Waals surface area (Å²) in [6, 6.07) is 4.75. The summed E-state index contributed by atoms with van der Waals surface area (Å²) in [6.07, 6.45) is 2.50. The molecule has 3 heteroatoms. The number of hydrogen-bond acceptors (Lipinski definition) is 3. The van der Waals surface area contributed by atoms with Crippen LogP contribution in [0.25, 0.3) is 0 Å². The van der Waals surface area contributed by atoms with Crippen LogP contribution in [0, 0.1) is 11.8 Å². The predicted molar refractivity (Wildman–Crippen MR) is 86.6 cm³/mol. The Bertz CT molecular complexity index is 307. The summed E-state index contributed by atoms with van der Waals surface area (Å²) in [5.41, 5.74) is 6.04. The standard InChI is InChI=1S/C16H30N2S/c1-13(2)7-9-18(10-8-14(3)4)15(12-17)16-6-5-11-19-16/h5-6,11,13-15H,7-10,12,17H2,1-4H3. The fourth-order valence-electron chi connectivity index (χ4n) is 2.20. The van der Waals surface area contributed by atoms with E-state index in [0.717, 1.165) is 31.5 Å². The van der Waals surface area contributed by atoms with Gasteiger partial charge in [0.2, 0.25) is 0 Å². The van der Waals surface area contributed by atoms with E-state index in [4.69, 9.17) is 5.73 Å². The lowest BCUT2D eigenvalue weighted by atomic mass is 10.1. The molecule has 2 N–H and O–H groups in total. The maximum atomic E-state index is 6.04. The summed E-state index contributed by atoms with van der Waals surface area (Å²) < 4.78 is 0. The highest BCUT2D eigenvalue weighted by molar-refractivity contribution is 7.10. The van der Waals surface area contributed by atoms with Crippen LogP contribution in [-0.2, 0) is 0 Å². The van der Waals surface area contributed by atoms with Crippen molar-refractivity contribution in [1.29, 1.82) is 0 Å². The van der Waals surface area contributed by atoms with Gasteiger partial charge < -0.3 is 5.73 Å². The van der Waals surface area contributed by atoms with Gasteiger partial charge in [-0.1, -0.05) is 33.8 Å². The molecule has 0 amide bonds. The van der Waals surface area contributed by atoms with Crippen molar-refractivity contribution >= 4 is 11.3 Å². The Morgan fingerprint density at radius 1 is 1.11 bits per heavy atom. The van der Waals surface area contributed by atoms with Gasteiger partial charge in [0.1, 0.15) is 0 Å². The molecule has 0 radical (unpaired) electrons. The van der Waals surface area contributed by atoms with E-state index in [9.17, 15) is 0 Å². The van der Waals surface area contributed by atoms with Crippen LogP contribution in [-0.4, -0.2) is 24.5 Å². The number of rotatable bonds is 9. The van der Waals surface area contributed by atoms with E-state index in [2.05, 4.69) is 50.1 Å². The third kappa shape index (κ3) is 6.07. The highest BCUT2D eigenvalue weighted by Gasteiger charge is 2.20. The average Bonchev–Trinajstić information content (AvgIpc) is 2.85. The van der Waals surface area contributed by atoms with Crippen molar-refractivity contribution in [3.05, 3.63) is 22.4 Å².